The lowest BCUT2D eigenvalue weighted by molar-refractivity contribution is 0.319. The molecule has 3 rings (SSSR count). The van der Waals surface area contributed by atoms with Crippen LogP contribution in [0.3, 0.4) is 0 Å². The molecule has 2 heterocycles. The molecule has 1 aromatic rings. The van der Waals surface area contributed by atoms with Crippen LogP contribution in [0.2, 0.25) is 0 Å². The Morgan fingerprint density at radius 3 is 3.00 bits per heavy atom. The van der Waals surface area contributed by atoms with Gasteiger partial charge in [0, 0.05) is 11.4 Å². The molecule has 0 amide bonds. The van der Waals surface area contributed by atoms with Crippen LogP contribution in [-0.4, -0.2) is 19.6 Å². The van der Waals surface area contributed by atoms with Gasteiger partial charge in [0.15, 0.2) is 0 Å². The van der Waals surface area contributed by atoms with E-state index in [0.717, 1.165) is 17.9 Å². The molecule has 1 atom stereocenters. The van der Waals surface area contributed by atoms with Gasteiger partial charge in [-0.2, -0.15) is 0 Å². The Hall–Kier alpha value is -0.380. The molecule has 1 saturated carbocycles. The molecule has 2 fully saturated rings. The molecule has 1 unspecified atom stereocenters. The standard InChI is InChI=1S/C14H22N2S/c1-11-2-7-17-13(11)10-16-9-12-8-14(12)3-5-15-6-4-14/h2,7,12,15-16H,3-6,8-10H2,1H3. The van der Waals surface area contributed by atoms with Crippen LogP contribution in [-0.2, 0) is 6.54 Å². The van der Waals surface area contributed by atoms with E-state index in [1.165, 1.54) is 49.3 Å². The average molecular weight is 250 g/mol. The van der Waals surface area contributed by atoms with Gasteiger partial charge in [0.2, 0.25) is 0 Å². The van der Waals surface area contributed by atoms with Gasteiger partial charge in [0.05, 0.1) is 0 Å². The fourth-order valence-electron chi connectivity index (χ4n) is 3.20. The van der Waals surface area contributed by atoms with Gasteiger partial charge in [-0.15, -0.1) is 11.3 Å². The number of thiophene rings is 1. The minimum absolute atomic E-state index is 0.725. The van der Waals surface area contributed by atoms with E-state index >= 15 is 0 Å². The lowest BCUT2D eigenvalue weighted by atomic mass is 9.92. The van der Waals surface area contributed by atoms with Crippen molar-refractivity contribution in [1.82, 2.24) is 10.6 Å². The zero-order valence-electron chi connectivity index (χ0n) is 10.6. The molecule has 17 heavy (non-hydrogen) atoms. The Labute approximate surface area is 108 Å². The van der Waals surface area contributed by atoms with Crippen molar-refractivity contribution in [2.24, 2.45) is 11.3 Å². The van der Waals surface area contributed by atoms with Gasteiger partial charge in [0.1, 0.15) is 0 Å². The highest BCUT2D eigenvalue weighted by Crippen LogP contribution is 2.58. The van der Waals surface area contributed by atoms with Crippen LogP contribution >= 0.6 is 11.3 Å². The third-order valence-corrected chi connectivity index (χ3v) is 5.63. The van der Waals surface area contributed by atoms with Crippen LogP contribution in [0.15, 0.2) is 11.4 Å². The molecule has 1 aromatic heterocycles. The minimum atomic E-state index is 0.725. The topological polar surface area (TPSA) is 24.1 Å². The number of hydrogen-bond donors (Lipinski definition) is 2. The number of aryl methyl sites for hydroxylation is 1. The summed E-state index contributed by atoms with van der Waals surface area (Å²) in [6.07, 6.45) is 4.26. The third-order valence-electron chi connectivity index (χ3n) is 4.60. The highest BCUT2D eigenvalue weighted by atomic mass is 32.1. The normalized spacial score (nSPS) is 26.3. The summed E-state index contributed by atoms with van der Waals surface area (Å²) < 4.78 is 0. The molecule has 94 valence electrons. The monoisotopic (exact) mass is 250 g/mol. The van der Waals surface area contributed by atoms with E-state index in [1.807, 2.05) is 11.3 Å². The largest absolute Gasteiger partial charge is 0.317 e. The lowest BCUT2D eigenvalue weighted by Crippen LogP contribution is -2.31. The van der Waals surface area contributed by atoms with Gasteiger partial charge in [-0.25, -0.2) is 0 Å². The predicted octanol–water partition coefficient (Wildman–Crippen LogP) is 2.54. The van der Waals surface area contributed by atoms with E-state index in [2.05, 4.69) is 29.0 Å². The van der Waals surface area contributed by atoms with Crippen LogP contribution in [0.5, 0.6) is 0 Å². The van der Waals surface area contributed by atoms with E-state index in [-0.39, 0.29) is 0 Å². The summed E-state index contributed by atoms with van der Waals surface area (Å²) in [6, 6.07) is 2.22. The van der Waals surface area contributed by atoms with Crippen molar-refractivity contribution in [3.63, 3.8) is 0 Å². The van der Waals surface area contributed by atoms with E-state index in [1.54, 1.807) is 0 Å². The molecule has 0 radical (unpaired) electrons. The van der Waals surface area contributed by atoms with Gasteiger partial charge < -0.3 is 10.6 Å². The summed E-state index contributed by atoms with van der Waals surface area (Å²) in [6.45, 7) is 6.96. The first kappa shape index (κ1) is 11.7. The molecular formula is C14H22N2S. The van der Waals surface area contributed by atoms with E-state index in [0.29, 0.717) is 0 Å². The summed E-state index contributed by atoms with van der Waals surface area (Å²) >= 11 is 1.88. The Morgan fingerprint density at radius 1 is 1.47 bits per heavy atom. The van der Waals surface area contributed by atoms with Crippen molar-refractivity contribution >= 4 is 11.3 Å². The maximum absolute atomic E-state index is 3.65. The number of hydrogen-bond acceptors (Lipinski definition) is 3. The van der Waals surface area contributed by atoms with Crippen molar-refractivity contribution in [2.75, 3.05) is 19.6 Å². The second kappa shape index (κ2) is 4.71. The molecule has 1 saturated heterocycles. The molecule has 1 aliphatic heterocycles. The molecular weight excluding hydrogens is 228 g/mol. The first-order valence-corrected chi connectivity index (χ1v) is 7.63. The van der Waals surface area contributed by atoms with E-state index < -0.39 is 0 Å². The SMILES string of the molecule is Cc1ccsc1CNCC1CC12CCNCC2. The average Bonchev–Trinajstić information content (AvgIpc) is 2.81. The highest BCUT2D eigenvalue weighted by molar-refractivity contribution is 7.10. The fraction of sp³-hybridized carbons (Fsp3) is 0.714. The quantitative estimate of drug-likeness (QED) is 0.858. The summed E-state index contributed by atoms with van der Waals surface area (Å²) in [5.41, 5.74) is 2.16. The molecule has 3 heteroatoms. The van der Waals surface area contributed by atoms with Gasteiger partial charge >= 0.3 is 0 Å². The molecule has 0 bridgehead atoms. The molecule has 2 aliphatic rings. The summed E-state index contributed by atoms with van der Waals surface area (Å²) in [7, 11) is 0. The van der Waals surface area contributed by atoms with Crippen LogP contribution < -0.4 is 10.6 Å². The van der Waals surface area contributed by atoms with Crippen LogP contribution in [0.1, 0.15) is 29.7 Å². The van der Waals surface area contributed by atoms with Gasteiger partial charge in [-0.05, 0) is 74.2 Å². The maximum Gasteiger partial charge on any atom is 0.0302 e. The Bertz CT molecular complexity index is 379. The molecule has 2 nitrogen and oxygen atoms in total. The zero-order chi connectivity index (χ0) is 11.7. The number of piperidine rings is 1. The minimum Gasteiger partial charge on any atom is -0.317 e. The molecule has 1 aliphatic carbocycles. The summed E-state index contributed by atoms with van der Waals surface area (Å²) in [4.78, 5) is 1.50. The van der Waals surface area contributed by atoms with Gasteiger partial charge in [-0.1, -0.05) is 0 Å². The van der Waals surface area contributed by atoms with Gasteiger partial charge in [0.25, 0.3) is 0 Å². The van der Waals surface area contributed by atoms with Crippen LogP contribution in [0.4, 0.5) is 0 Å². The second-order valence-electron chi connectivity index (χ2n) is 5.67. The first-order valence-electron chi connectivity index (χ1n) is 6.75. The maximum atomic E-state index is 3.65. The van der Waals surface area contributed by atoms with E-state index in [9.17, 15) is 0 Å². The highest BCUT2D eigenvalue weighted by Gasteiger charge is 2.52. The summed E-state index contributed by atoms with van der Waals surface area (Å²) in [5.74, 6) is 0.949. The van der Waals surface area contributed by atoms with Crippen LogP contribution in [0, 0.1) is 18.3 Å². The Morgan fingerprint density at radius 2 is 2.29 bits per heavy atom. The van der Waals surface area contributed by atoms with Crippen molar-refractivity contribution in [1.29, 1.82) is 0 Å². The fourth-order valence-corrected chi connectivity index (χ4v) is 4.08. The third kappa shape index (κ3) is 2.42. The van der Waals surface area contributed by atoms with Gasteiger partial charge in [-0.3, -0.25) is 0 Å². The lowest BCUT2D eigenvalue weighted by Gasteiger charge is -2.23. The predicted molar refractivity (Wildman–Crippen MR) is 73.4 cm³/mol. The first-order chi connectivity index (χ1) is 8.30. The Balaban J connectivity index is 1.43. The van der Waals surface area contributed by atoms with Crippen LogP contribution in [0.25, 0.3) is 0 Å². The smallest absolute Gasteiger partial charge is 0.0302 e. The zero-order valence-corrected chi connectivity index (χ0v) is 11.4. The van der Waals surface area contributed by atoms with Crippen molar-refractivity contribution in [3.8, 4) is 0 Å². The van der Waals surface area contributed by atoms with Crippen molar-refractivity contribution < 1.29 is 0 Å². The number of nitrogens with one attached hydrogen (secondary N) is 2. The second-order valence-corrected chi connectivity index (χ2v) is 6.67. The van der Waals surface area contributed by atoms with Crippen molar-refractivity contribution in [2.45, 2.75) is 32.7 Å². The van der Waals surface area contributed by atoms with E-state index in [4.69, 9.17) is 0 Å². The Kier molecular flexibility index (Phi) is 3.24. The molecule has 2 N–H and O–H groups in total. The van der Waals surface area contributed by atoms with Crippen molar-refractivity contribution in [3.05, 3.63) is 21.9 Å². The summed E-state index contributed by atoms with van der Waals surface area (Å²) in [5, 5.41) is 9.31. The molecule has 1 spiro atoms. The number of rotatable bonds is 4. The molecule has 0 aromatic carbocycles.